The lowest BCUT2D eigenvalue weighted by Crippen LogP contribution is -2.48. The van der Waals surface area contributed by atoms with Crippen LogP contribution in [0.15, 0.2) is 18.2 Å². The molecule has 19 heavy (non-hydrogen) atoms. The molecule has 0 bridgehead atoms. The summed E-state index contributed by atoms with van der Waals surface area (Å²) in [6, 6.07) is 4.87. The molecule has 0 saturated carbocycles. The third-order valence-corrected chi connectivity index (χ3v) is 2.84. The van der Waals surface area contributed by atoms with Crippen LogP contribution in [0.2, 0.25) is 0 Å². The van der Waals surface area contributed by atoms with E-state index in [9.17, 15) is 9.59 Å². The minimum absolute atomic E-state index is 0.0492. The molecule has 0 spiro atoms. The molecular formula is C12H16N4O3. The van der Waals surface area contributed by atoms with E-state index in [2.05, 4.69) is 10.3 Å². The molecule has 7 heteroatoms. The molecule has 7 nitrogen and oxygen atoms in total. The summed E-state index contributed by atoms with van der Waals surface area (Å²) >= 11 is 0. The van der Waals surface area contributed by atoms with E-state index in [-0.39, 0.29) is 30.2 Å². The maximum atomic E-state index is 11.8. The first-order valence-electron chi connectivity index (χ1n) is 5.92. The predicted molar refractivity (Wildman–Crippen MR) is 68.4 cm³/mol. The smallest absolute Gasteiger partial charge is 0.270 e. The topological polar surface area (TPSA) is 97.6 Å². The van der Waals surface area contributed by atoms with Crippen LogP contribution in [0.5, 0.6) is 0 Å². The Morgan fingerprint density at radius 3 is 3.11 bits per heavy atom. The van der Waals surface area contributed by atoms with Gasteiger partial charge in [-0.3, -0.25) is 9.59 Å². The average molecular weight is 264 g/mol. The Balaban J connectivity index is 1.85. The quantitative estimate of drug-likeness (QED) is 0.748. The summed E-state index contributed by atoms with van der Waals surface area (Å²) < 4.78 is 5.32. The Labute approximate surface area is 110 Å². The molecular weight excluding hydrogens is 248 g/mol. The first-order chi connectivity index (χ1) is 9.06. The highest BCUT2D eigenvalue weighted by Gasteiger charge is 2.23. The number of hydrogen-bond donors (Lipinski definition) is 2. The van der Waals surface area contributed by atoms with E-state index in [1.807, 2.05) is 0 Å². The first kappa shape index (κ1) is 13.3. The number of carbonyl (C=O) groups is 2. The molecule has 0 aliphatic carbocycles. The van der Waals surface area contributed by atoms with Crippen molar-refractivity contribution >= 4 is 17.6 Å². The lowest BCUT2D eigenvalue weighted by atomic mass is 10.2. The van der Waals surface area contributed by atoms with Gasteiger partial charge in [-0.2, -0.15) is 0 Å². The van der Waals surface area contributed by atoms with E-state index in [4.69, 9.17) is 10.5 Å². The van der Waals surface area contributed by atoms with Crippen LogP contribution in [0.4, 0.5) is 5.82 Å². The number of nitrogens with zero attached hydrogens (tertiary/aromatic N) is 2. The molecule has 1 aliphatic rings. The number of nitrogen functional groups attached to an aromatic ring is 1. The molecule has 3 N–H and O–H groups in total. The standard InChI is InChI=1S/C12H16N4O3/c1-16-6-8(19-7-11(16)17)5-14-12(18)9-3-2-4-10(13)15-9/h2-4,8H,5-7H2,1H3,(H2,13,15)(H,14,18). The molecule has 0 radical (unpaired) electrons. The van der Waals surface area contributed by atoms with Crippen LogP contribution >= 0.6 is 0 Å². The van der Waals surface area contributed by atoms with Crippen molar-refractivity contribution in [1.82, 2.24) is 15.2 Å². The molecule has 1 atom stereocenters. The second kappa shape index (κ2) is 5.66. The Morgan fingerprint density at radius 2 is 2.42 bits per heavy atom. The van der Waals surface area contributed by atoms with Gasteiger partial charge in [0.25, 0.3) is 5.91 Å². The van der Waals surface area contributed by atoms with Gasteiger partial charge in [-0.1, -0.05) is 6.07 Å². The molecule has 2 heterocycles. The van der Waals surface area contributed by atoms with Crippen LogP contribution in [0, 0.1) is 0 Å². The van der Waals surface area contributed by atoms with E-state index in [0.717, 1.165) is 0 Å². The van der Waals surface area contributed by atoms with Crippen LogP contribution in [0.25, 0.3) is 0 Å². The molecule has 102 valence electrons. The number of amides is 2. The maximum Gasteiger partial charge on any atom is 0.270 e. The van der Waals surface area contributed by atoms with Crippen molar-refractivity contribution in [3.05, 3.63) is 23.9 Å². The Hall–Kier alpha value is -2.15. The van der Waals surface area contributed by atoms with Crippen LogP contribution < -0.4 is 11.1 Å². The highest BCUT2D eigenvalue weighted by Crippen LogP contribution is 2.04. The van der Waals surface area contributed by atoms with Crippen molar-refractivity contribution in [2.24, 2.45) is 0 Å². The molecule has 1 aliphatic heterocycles. The predicted octanol–water partition coefficient (Wildman–Crippen LogP) is -0.749. The largest absolute Gasteiger partial charge is 0.384 e. The number of aromatic nitrogens is 1. The van der Waals surface area contributed by atoms with Gasteiger partial charge in [0.05, 0.1) is 6.10 Å². The number of rotatable bonds is 3. The Kier molecular flexibility index (Phi) is 3.96. The Bertz CT molecular complexity index is 492. The fraction of sp³-hybridized carbons (Fsp3) is 0.417. The van der Waals surface area contributed by atoms with Gasteiger partial charge in [0.1, 0.15) is 18.1 Å². The monoisotopic (exact) mass is 264 g/mol. The average Bonchev–Trinajstić information content (AvgIpc) is 2.40. The molecule has 1 aromatic heterocycles. The molecule has 0 aromatic carbocycles. The van der Waals surface area contributed by atoms with Gasteiger partial charge in [-0.05, 0) is 12.1 Å². The molecule has 2 amide bonds. The lowest BCUT2D eigenvalue weighted by Gasteiger charge is -2.29. The zero-order valence-electron chi connectivity index (χ0n) is 10.6. The summed E-state index contributed by atoms with van der Waals surface area (Å²) in [4.78, 5) is 28.6. The molecule has 1 unspecified atom stereocenters. The summed E-state index contributed by atoms with van der Waals surface area (Å²) in [5, 5.41) is 2.71. The molecule has 1 fully saturated rings. The van der Waals surface area contributed by atoms with Gasteiger partial charge in [-0.15, -0.1) is 0 Å². The van der Waals surface area contributed by atoms with Crippen molar-refractivity contribution in [3.8, 4) is 0 Å². The van der Waals surface area contributed by atoms with E-state index in [0.29, 0.717) is 18.9 Å². The minimum Gasteiger partial charge on any atom is -0.384 e. The zero-order chi connectivity index (χ0) is 13.8. The third-order valence-electron chi connectivity index (χ3n) is 2.84. The summed E-state index contributed by atoms with van der Waals surface area (Å²) in [7, 11) is 1.71. The van der Waals surface area contributed by atoms with E-state index in [1.54, 1.807) is 30.1 Å². The van der Waals surface area contributed by atoms with Crippen LogP contribution in [0.1, 0.15) is 10.5 Å². The van der Waals surface area contributed by atoms with Crippen molar-refractivity contribution in [2.75, 3.05) is 32.5 Å². The fourth-order valence-electron chi connectivity index (χ4n) is 1.76. The van der Waals surface area contributed by atoms with E-state index in [1.165, 1.54) is 0 Å². The van der Waals surface area contributed by atoms with Gasteiger partial charge in [0.15, 0.2) is 0 Å². The fourth-order valence-corrected chi connectivity index (χ4v) is 1.76. The van der Waals surface area contributed by atoms with Crippen molar-refractivity contribution in [1.29, 1.82) is 0 Å². The normalized spacial score (nSPS) is 19.3. The number of ether oxygens (including phenoxy) is 1. The zero-order valence-corrected chi connectivity index (χ0v) is 10.6. The summed E-state index contributed by atoms with van der Waals surface area (Å²) in [5.41, 5.74) is 5.77. The van der Waals surface area contributed by atoms with Crippen LogP contribution in [-0.2, 0) is 9.53 Å². The highest BCUT2D eigenvalue weighted by atomic mass is 16.5. The van der Waals surface area contributed by atoms with Gasteiger partial charge in [0.2, 0.25) is 5.91 Å². The van der Waals surface area contributed by atoms with Gasteiger partial charge >= 0.3 is 0 Å². The number of nitrogens with two attached hydrogens (primary N) is 1. The van der Waals surface area contributed by atoms with Gasteiger partial charge in [0, 0.05) is 20.1 Å². The Morgan fingerprint density at radius 1 is 1.63 bits per heavy atom. The van der Waals surface area contributed by atoms with Crippen LogP contribution in [0.3, 0.4) is 0 Å². The molecule has 1 aromatic rings. The SMILES string of the molecule is CN1CC(CNC(=O)c2cccc(N)n2)OCC1=O. The number of pyridine rings is 1. The second-order valence-electron chi connectivity index (χ2n) is 4.36. The van der Waals surface area contributed by atoms with Crippen molar-refractivity contribution in [3.63, 3.8) is 0 Å². The lowest BCUT2D eigenvalue weighted by molar-refractivity contribution is -0.146. The van der Waals surface area contributed by atoms with E-state index < -0.39 is 0 Å². The number of nitrogens with one attached hydrogen (secondary N) is 1. The maximum absolute atomic E-state index is 11.8. The molecule has 1 saturated heterocycles. The minimum atomic E-state index is -0.310. The number of morpholine rings is 1. The van der Waals surface area contributed by atoms with Crippen molar-refractivity contribution < 1.29 is 14.3 Å². The van der Waals surface area contributed by atoms with E-state index >= 15 is 0 Å². The van der Waals surface area contributed by atoms with Crippen molar-refractivity contribution in [2.45, 2.75) is 6.10 Å². The summed E-state index contributed by atoms with van der Waals surface area (Å²) in [6.07, 6.45) is -0.201. The first-order valence-corrected chi connectivity index (χ1v) is 5.92. The highest BCUT2D eigenvalue weighted by molar-refractivity contribution is 5.92. The third kappa shape index (κ3) is 3.41. The van der Waals surface area contributed by atoms with Gasteiger partial charge in [-0.25, -0.2) is 4.98 Å². The van der Waals surface area contributed by atoms with Crippen LogP contribution in [-0.4, -0.2) is 54.5 Å². The van der Waals surface area contributed by atoms with Gasteiger partial charge < -0.3 is 20.7 Å². The summed E-state index contributed by atoms with van der Waals surface area (Å²) in [5.74, 6) is -0.0672. The number of anilines is 1. The number of likely N-dealkylation sites (N-methyl/N-ethyl adjacent to an activating group) is 1. The summed E-state index contributed by atoms with van der Waals surface area (Å²) in [6.45, 7) is 0.837. The molecule has 2 rings (SSSR count). The second-order valence-corrected chi connectivity index (χ2v) is 4.36. The number of hydrogen-bond acceptors (Lipinski definition) is 5. The number of carbonyl (C=O) groups excluding carboxylic acids is 2.